The SMILES string of the molecule is CCNCc1ccc(S(=O)(=O)N(CC2CC2)C(C)C)cc1. The maximum atomic E-state index is 12.8. The Kier molecular flexibility index (Phi) is 5.41. The van der Waals surface area contributed by atoms with E-state index in [0.717, 1.165) is 31.5 Å². The molecule has 0 atom stereocenters. The molecule has 0 amide bonds. The lowest BCUT2D eigenvalue weighted by atomic mass is 10.2. The van der Waals surface area contributed by atoms with Gasteiger partial charge in [0.05, 0.1) is 4.90 Å². The minimum atomic E-state index is -3.38. The Morgan fingerprint density at radius 3 is 2.33 bits per heavy atom. The molecule has 1 fully saturated rings. The van der Waals surface area contributed by atoms with Crippen molar-refractivity contribution in [2.45, 2.75) is 51.1 Å². The highest BCUT2D eigenvalue weighted by Gasteiger charge is 2.33. The Balaban J connectivity index is 2.16. The lowest BCUT2D eigenvalue weighted by molar-refractivity contribution is 0.341. The highest BCUT2D eigenvalue weighted by molar-refractivity contribution is 7.89. The smallest absolute Gasteiger partial charge is 0.243 e. The number of nitrogens with one attached hydrogen (secondary N) is 1. The van der Waals surface area contributed by atoms with Crippen LogP contribution in [0.5, 0.6) is 0 Å². The molecule has 118 valence electrons. The maximum absolute atomic E-state index is 12.8. The lowest BCUT2D eigenvalue weighted by Gasteiger charge is -2.26. The lowest BCUT2D eigenvalue weighted by Crippen LogP contribution is -2.38. The van der Waals surface area contributed by atoms with Crippen LogP contribution >= 0.6 is 0 Å². The molecule has 21 heavy (non-hydrogen) atoms. The average Bonchev–Trinajstić information content (AvgIpc) is 3.26. The molecule has 1 aromatic rings. The second-order valence-electron chi connectivity index (χ2n) is 6.04. The number of benzene rings is 1. The normalized spacial score (nSPS) is 15.9. The van der Waals surface area contributed by atoms with E-state index in [-0.39, 0.29) is 6.04 Å². The first-order valence-electron chi connectivity index (χ1n) is 7.76. The molecule has 5 heteroatoms. The predicted molar refractivity (Wildman–Crippen MR) is 85.6 cm³/mol. The Bertz CT molecular complexity index is 548. The van der Waals surface area contributed by atoms with Crippen LogP contribution in [0.2, 0.25) is 0 Å². The van der Waals surface area contributed by atoms with Gasteiger partial charge in [0, 0.05) is 19.1 Å². The molecular formula is C16H26N2O2S. The molecule has 1 aliphatic rings. The van der Waals surface area contributed by atoms with Crippen molar-refractivity contribution in [3.05, 3.63) is 29.8 Å². The van der Waals surface area contributed by atoms with E-state index >= 15 is 0 Å². The number of rotatable bonds is 8. The number of nitrogens with zero attached hydrogens (tertiary/aromatic N) is 1. The second-order valence-corrected chi connectivity index (χ2v) is 7.93. The van der Waals surface area contributed by atoms with Crippen molar-refractivity contribution < 1.29 is 8.42 Å². The molecule has 0 heterocycles. The molecule has 4 nitrogen and oxygen atoms in total. The van der Waals surface area contributed by atoms with Gasteiger partial charge in [0.15, 0.2) is 0 Å². The Hall–Kier alpha value is -0.910. The third kappa shape index (κ3) is 4.28. The number of hydrogen-bond acceptors (Lipinski definition) is 3. The van der Waals surface area contributed by atoms with Gasteiger partial charge in [-0.05, 0) is 56.8 Å². The fraction of sp³-hybridized carbons (Fsp3) is 0.625. The summed E-state index contributed by atoms with van der Waals surface area (Å²) in [6.07, 6.45) is 2.31. The summed E-state index contributed by atoms with van der Waals surface area (Å²) in [6, 6.07) is 7.24. The minimum Gasteiger partial charge on any atom is -0.313 e. The van der Waals surface area contributed by atoms with E-state index in [0.29, 0.717) is 17.4 Å². The molecule has 1 N–H and O–H groups in total. The monoisotopic (exact) mass is 310 g/mol. The topological polar surface area (TPSA) is 49.4 Å². The first kappa shape index (κ1) is 16.5. The molecule has 1 saturated carbocycles. The largest absolute Gasteiger partial charge is 0.313 e. The van der Waals surface area contributed by atoms with E-state index in [4.69, 9.17) is 0 Å². The standard InChI is InChI=1S/C16H26N2O2S/c1-4-17-11-14-7-9-16(10-8-14)21(19,20)18(13(2)3)12-15-5-6-15/h7-10,13,15,17H,4-6,11-12H2,1-3H3. The Morgan fingerprint density at radius 2 is 1.86 bits per heavy atom. The van der Waals surface area contributed by atoms with Gasteiger partial charge in [-0.25, -0.2) is 8.42 Å². The van der Waals surface area contributed by atoms with Crippen LogP contribution in [-0.4, -0.2) is 31.9 Å². The number of sulfonamides is 1. The van der Waals surface area contributed by atoms with Gasteiger partial charge < -0.3 is 5.32 Å². The molecule has 0 bridgehead atoms. The van der Waals surface area contributed by atoms with Crippen molar-refractivity contribution in [3.63, 3.8) is 0 Å². The zero-order valence-electron chi connectivity index (χ0n) is 13.2. The van der Waals surface area contributed by atoms with Gasteiger partial charge in [-0.1, -0.05) is 19.1 Å². The van der Waals surface area contributed by atoms with E-state index in [1.165, 1.54) is 0 Å². The molecule has 0 radical (unpaired) electrons. The highest BCUT2D eigenvalue weighted by atomic mass is 32.2. The van der Waals surface area contributed by atoms with Gasteiger partial charge in [-0.3, -0.25) is 0 Å². The first-order chi connectivity index (χ1) is 9.95. The van der Waals surface area contributed by atoms with Crippen molar-refractivity contribution in [1.82, 2.24) is 9.62 Å². The van der Waals surface area contributed by atoms with Crippen LogP contribution in [0.15, 0.2) is 29.2 Å². The summed E-state index contributed by atoms with van der Waals surface area (Å²) in [4.78, 5) is 0.400. The van der Waals surface area contributed by atoms with Gasteiger partial charge in [0.1, 0.15) is 0 Å². The average molecular weight is 310 g/mol. The van der Waals surface area contributed by atoms with Crippen LogP contribution in [-0.2, 0) is 16.6 Å². The van der Waals surface area contributed by atoms with E-state index in [9.17, 15) is 8.42 Å². The minimum absolute atomic E-state index is 0.00275. The van der Waals surface area contributed by atoms with Crippen molar-refractivity contribution in [2.24, 2.45) is 5.92 Å². The van der Waals surface area contributed by atoms with Crippen molar-refractivity contribution in [1.29, 1.82) is 0 Å². The quantitative estimate of drug-likeness (QED) is 0.803. The molecule has 2 rings (SSSR count). The third-order valence-electron chi connectivity index (χ3n) is 3.82. The first-order valence-corrected chi connectivity index (χ1v) is 9.20. The van der Waals surface area contributed by atoms with E-state index in [1.807, 2.05) is 26.0 Å². The van der Waals surface area contributed by atoms with Crippen LogP contribution in [0, 0.1) is 5.92 Å². The fourth-order valence-electron chi connectivity index (χ4n) is 2.33. The highest BCUT2D eigenvalue weighted by Crippen LogP contribution is 2.32. The van der Waals surface area contributed by atoms with E-state index < -0.39 is 10.0 Å². The van der Waals surface area contributed by atoms with Crippen molar-refractivity contribution >= 4 is 10.0 Å². The van der Waals surface area contributed by atoms with E-state index in [2.05, 4.69) is 12.2 Å². The Labute approximate surface area is 128 Å². The fourth-order valence-corrected chi connectivity index (χ4v) is 4.04. The van der Waals surface area contributed by atoms with Gasteiger partial charge in [0.25, 0.3) is 0 Å². The van der Waals surface area contributed by atoms with Crippen molar-refractivity contribution in [2.75, 3.05) is 13.1 Å². The predicted octanol–water partition coefficient (Wildman–Crippen LogP) is 2.61. The summed E-state index contributed by atoms with van der Waals surface area (Å²) in [6.45, 7) is 8.27. The molecule has 1 aromatic carbocycles. The van der Waals surface area contributed by atoms with Gasteiger partial charge in [-0.2, -0.15) is 4.31 Å². The van der Waals surface area contributed by atoms with Crippen LogP contribution in [0.3, 0.4) is 0 Å². The van der Waals surface area contributed by atoms with Crippen LogP contribution < -0.4 is 5.32 Å². The van der Waals surface area contributed by atoms with Crippen LogP contribution in [0.4, 0.5) is 0 Å². The zero-order chi connectivity index (χ0) is 15.5. The molecule has 1 aliphatic carbocycles. The second kappa shape index (κ2) is 6.90. The van der Waals surface area contributed by atoms with Gasteiger partial charge >= 0.3 is 0 Å². The maximum Gasteiger partial charge on any atom is 0.243 e. The number of hydrogen-bond donors (Lipinski definition) is 1. The van der Waals surface area contributed by atoms with Crippen LogP contribution in [0.1, 0.15) is 39.2 Å². The third-order valence-corrected chi connectivity index (χ3v) is 5.88. The molecule has 0 unspecified atom stereocenters. The summed E-state index contributed by atoms with van der Waals surface area (Å²) >= 11 is 0. The summed E-state index contributed by atoms with van der Waals surface area (Å²) in [5.74, 6) is 0.551. The van der Waals surface area contributed by atoms with Crippen LogP contribution in [0.25, 0.3) is 0 Å². The molecule has 0 aliphatic heterocycles. The van der Waals surface area contributed by atoms with Crippen molar-refractivity contribution in [3.8, 4) is 0 Å². The zero-order valence-corrected chi connectivity index (χ0v) is 14.0. The Morgan fingerprint density at radius 1 is 1.24 bits per heavy atom. The van der Waals surface area contributed by atoms with Gasteiger partial charge in [-0.15, -0.1) is 0 Å². The molecule has 0 aromatic heterocycles. The molecule has 0 saturated heterocycles. The summed E-state index contributed by atoms with van der Waals surface area (Å²) in [7, 11) is -3.38. The summed E-state index contributed by atoms with van der Waals surface area (Å²) < 4.78 is 27.2. The molecular weight excluding hydrogens is 284 g/mol. The summed E-state index contributed by atoms with van der Waals surface area (Å²) in [5.41, 5.74) is 1.11. The van der Waals surface area contributed by atoms with Gasteiger partial charge in [0.2, 0.25) is 10.0 Å². The molecule has 0 spiro atoms. The van der Waals surface area contributed by atoms with E-state index in [1.54, 1.807) is 16.4 Å². The summed E-state index contributed by atoms with van der Waals surface area (Å²) in [5, 5.41) is 3.24.